The zero-order valence-corrected chi connectivity index (χ0v) is 7.20. The van der Waals surface area contributed by atoms with Crippen molar-refractivity contribution >= 4 is 5.91 Å². The van der Waals surface area contributed by atoms with E-state index in [-0.39, 0.29) is 12.5 Å². The van der Waals surface area contributed by atoms with Crippen LogP contribution in [0.15, 0.2) is 0 Å². The van der Waals surface area contributed by atoms with Crippen molar-refractivity contribution in [1.29, 1.82) is 0 Å². The first-order valence-corrected chi connectivity index (χ1v) is 4.40. The third-order valence-corrected chi connectivity index (χ3v) is 2.01. The van der Waals surface area contributed by atoms with Gasteiger partial charge in [0.05, 0.1) is 6.61 Å². The Morgan fingerprint density at radius 3 is 2.67 bits per heavy atom. The number of aliphatic hydroxyl groups excluding tert-OH is 1. The van der Waals surface area contributed by atoms with Crippen molar-refractivity contribution in [2.75, 3.05) is 19.7 Å². The third-order valence-electron chi connectivity index (χ3n) is 2.01. The van der Waals surface area contributed by atoms with E-state index in [2.05, 4.69) is 0 Å². The Bertz CT molecular complexity index is 157. The van der Waals surface area contributed by atoms with Crippen LogP contribution in [-0.4, -0.2) is 41.7 Å². The standard InChI is InChI=1S/C8H16N2O2/c9-4-3-8(12)10(5-6-11)7-1-2-7/h7,11H,1-6,9H2. The summed E-state index contributed by atoms with van der Waals surface area (Å²) in [5, 5.41) is 8.71. The van der Waals surface area contributed by atoms with E-state index in [1.165, 1.54) is 0 Å². The molecular weight excluding hydrogens is 156 g/mol. The number of amides is 1. The summed E-state index contributed by atoms with van der Waals surface area (Å²) in [4.78, 5) is 13.1. The molecule has 0 radical (unpaired) electrons. The number of hydrogen-bond donors (Lipinski definition) is 2. The fraction of sp³-hybridized carbons (Fsp3) is 0.875. The van der Waals surface area contributed by atoms with Gasteiger partial charge in [0.15, 0.2) is 0 Å². The second kappa shape index (κ2) is 4.42. The fourth-order valence-corrected chi connectivity index (χ4v) is 1.27. The number of carbonyl (C=O) groups excluding carboxylic acids is 1. The van der Waals surface area contributed by atoms with Gasteiger partial charge in [0.25, 0.3) is 0 Å². The van der Waals surface area contributed by atoms with Gasteiger partial charge in [-0.15, -0.1) is 0 Å². The van der Waals surface area contributed by atoms with Gasteiger partial charge in [0, 0.05) is 25.6 Å². The zero-order chi connectivity index (χ0) is 8.97. The highest BCUT2D eigenvalue weighted by Gasteiger charge is 2.31. The van der Waals surface area contributed by atoms with Crippen molar-refractivity contribution in [1.82, 2.24) is 4.90 Å². The molecule has 12 heavy (non-hydrogen) atoms. The van der Waals surface area contributed by atoms with E-state index in [1.54, 1.807) is 4.90 Å². The van der Waals surface area contributed by atoms with Crippen LogP contribution < -0.4 is 5.73 Å². The van der Waals surface area contributed by atoms with E-state index in [4.69, 9.17) is 10.8 Å². The highest BCUT2D eigenvalue weighted by atomic mass is 16.3. The highest BCUT2D eigenvalue weighted by Crippen LogP contribution is 2.26. The summed E-state index contributed by atoms with van der Waals surface area (Å²) in [6.07, 6.45) is 2.56. The maximum Gasteiger partial charge on any atom is 0.224 e. The van der Waals surface area contributed by atoms with E-state index >= 15 is 0 Å². The predicted molar refractivity (Wildman–Crippen MR) is 45.5 cm³/mol. The molecule has 1 rings (SSSR count). The summed E-state index contributed by atoms with van der Waals surface area (Å²) < 4.78 is 0. The van der Waals surface area contributed by atoms with Gasteiger partial charge in [0.2, 0.25) is 5.91 Å². The van der Waals surface area contributed by atoms with E-state index < -0.39 is 0 Å². The molecule has 0 saturated heterocycles. The molecule has 0 aliphatic heterocycles. The maximum absolute atomic E-state index is 11.3. The average Bonchev–Trinajstić information content (AvgIpc) is 2.83. The van der Waals surface area contributed by atoms with Crippen LogP contribution in [0.3, 0.4) is 0 Å². The minimum Gasteiger partial charge on any atom is -0.395 e. The molecule has 4 nitrogen and oxygen atoms in total. The molecule has 1 aliphatic rings. The number of nitrogens with two attached hydrogens (primary N) is 1. The van der Waals surface area contributed by atoms with Crippen LogP contribution in [0.5, 0.6) is 0 Å². The molecule has 0 unspecified atom stereocenters. The number of hydrogen-bond acceptors (Lipinski definition) is 3. The van der Waals surface area contributed by atoms with Crippen molar-refractivity contribution in [3.8, 4) is 0 Å². The van der Waals surface area contributed by atoms with E-state index in [0.29, 0.717) is 25.6 Å². The first kappa shape index (κ1) is 9.48. The largest absolute Gasteiger partial charge is 0.395 e. The Labute approximate surface area is 72.3 Å². The quantitative estimate of drug-likeness (QED) is 0.577. The van der Waals surface area contributed by atoms with Crippen LogP contribution >= 0.6 is 0 Å². The monoisotopic (exact) mass is 172 g/mol. The maximum atomic E-state index is 11.3. The lowest BCUT2D eigenvalue weighted by Crippen LogP contribution is -2.36. The second-order valence-corrected chi connectivity index (χ2v) is 3.08. The molecule has 1 fully saturated rings. The number of rotatable bonds is 5. The van der Waals surface area contributed by atoms with Crippen molar-refractivity contribution in [2.24, 2.45) is 5.73 Å². The first-order valence-electron chi connectivity index (χ1n) is 4.40. The van der Waals surface area contributed by atoms with Crippen LogP contribution in [0.25, 0.3) is 0 Å². The molecule has 4 heteroatoms. The molecular formula is C8H16N2O2. The molecule has 0 spiro atoms. The van der Waals surface area contributed by atoms with Crippen molar-refractivity contribution in [3.63, 3.8) is 0 Å². The van der Waals surface area contributed by atoms with Gasteiger partial charge in [-0.25, -0.2) is 0 Å². The van der Waals surface area contributed by atoms with Crippen LogP contribution in [0.4, 0.5) is 0 Å². The molecule has 1 saturated carbocycles. The molecule has 0 aromatic carbocycles. The Kier molecular flexibility index (Phi) is 3.49. The second-order valence-electron chi connectivity index (χ2n) is 3.08. The minimum absolute atomic E-state index is 0.0484. The smallest absolute Gasteiger partial charge is 0.224 e. The van der Waals surface area contributed by atoms with Crippen LogP contribution in [0.1, 0.15) is 19.3 Å². The van der Waals surface area contributed by atoms with E-state index in [1.807, 2.05) is 0 Å². The number of carbonyl (C=O) groups is 1. The first-order chi connectivity index (χ1) is 5.79. The van der Waals surface area contributed by atoms with Crippen molar-refractivity contribution in [2.45, 2.75) is 25.3 Å². The molecule has 1 amide bonds. The Morgan fingerprint density at radius 2 is 2.25 bits per heavy atom. The van der Waals surface area contributed by atoms with Gasteiger partial charge < -0.3 is 15.7 Å². The lowest BCUT2D eigenvalue weighted by molar-refractivity contribution is -0.132. The van der Waals surface area contributed by atoms with E-state index in [9.17, 15) is 4.79 Å². The number of nitrogens with zero attached hydrogens (tertiary/aromatic N) is 1. The minimum atomic E-state index is 0.0484. The molecule has 70 valence electrons. The molecule has 0 aromatic rings. The van der Waals surface area contributed by atoms with Gasteiger partial charge in [0.1, 0.15) is 0 Å². The fourth-order valence-electron chi connectivity index (χ4n) is 1.27. The Balaban J connectivity index is 2.34. The third kappa shape index (κ3) is 2.46. The Morgan fingerprint density at radius 1 is 1.58 bits per heavy atom. The summed E-state index contributed by atoms with van der Waals surface area (Å²) in [5.41, 5.74) is 5.27. The number of aliphatic hydroxyl groups is 1. The zero-order valence-electron chi connectivity index (χ0n) is 7.20. The summed E-state index contributed by atoms with van der Waals surface area (Å²) in [5.74, 6) is 0.0778. The van der Waals surface area contributed by atoms with Crippen LogP contribution in [-0.2, 0) is 4.79 Å². The molecule has 0 bridgehead atoms. The summed E-state index contributed by atoms with van der Waals surface area (Å²) in [7, 11) is 0. The average molecular weight is 172 g/mol. The van der Waals surface area contributed by atoms with Crippen LogP contribution in [0.2, 0.25) is 0 Å². The predicted octanol–water partition coefficient (Wildman–Crippen LogP) is -0.681. The lowest BCUT2D eigenvalue weighted by Gasteiger charge is -2.20. The lowest BCUT2D eigenvalue weighted by atomic mass is 10.3. The summed E-state index contributed by atoms with van der Waals surface area (Å²) in [6, 6.07) is 0.385. The summed E-state index contributed by atoms with van der Waals surface area (Å²) in [6.45, 7) is 0.907. The van der Waals surface area contributed by atoms with Gasteiger partial charge >= 0.3 is 0 Å². The van der Waals surface area contributed by atoms with Crippen molar-refractivity contribution < 1.29 is 9.90 Å². The SMILES string of the molecule is NCCC(=O)N(CCO)C1CC1. The molecule has 0 aromatic heterocycles. The van der Waals surface area contributed by atoms with Gasteiger partial charge in [-0.1, -0.05) is 0 Å². The van der Waals surface area contributed by atoms with Crippen LogP contribution in [0, 0.1) is 0 Å². The molecule has 0 heterocycles. The topological polar surface area (TPSA) is 66.6 Å². The molecule has 3 N–H and O–H groups in total. The molecule has 1 aliphatic carbocycles. The highest BCUT2D eigenvalue weighted by molar-refractivity contribution is 5.77. The van der Waals surface area contributed by atoms with Gasteiger partial charge in [-0.05, 0) is 12.8 Å². The van der Waals surface area contributed by atoms with Gasteiger partial charge in [-0.2, -0.15) is 0 Å². The van der Waals surface area contributed by atoms with Crippen molar-refractivity contribution in [3.05, 3.63) is 0 Å². The summed E-state index contributed by atoms with van der Waals surface area (Å²) >= 11 is 0. The normalized spacial score (nSPS) is 16.2. The van der Waals surface area contributed by atoms with E-state index in [0.717, 1.165) is 12.8 Å². The Hall–Kier alpha value is -0.610. The van der Waals surface area contributed by atoms with Gasteiger partial charge in [-0.3, -0.25) is 4.79 Å². The molecule has 0 atom stereocenters.